The highest BCUT2D eigenvalue weighted by Gasteiger charge is 2.27. The monoisotopic (exact) mass is 258 g/mol. The second-order valence-electron chi connectivity index (χ2n) is 5.61. The van der Waals surface area contributed by atoms with Gasteiger partial charge in [-0.15, -0.1) is 0 Å². The lowest BCUT2D eigenvalue weighted by Crippen LogP contribution is -2.25. The second kappa shape index (κ2) is 5.22. The first-order valence-corrected chi connectivity index (χ1v) is 5.90. The van der Waals surface area contributed by atoms with Crippen LogP contribution in [0.3, 0.4) is 0 Å². The van der Waals surface area contributed by atoms with E-state index in [0.29, 0.717) is 11.3 Å². The van der Waals surface area contributed by atoms with E-state index in [0.717, 1.165) is 0 Å². The highest BCUT2D eigenvalue weighted by molar-refractivity contribution is 5.30. The summed E-state index contributed by atoms with van der Waals surface area (Å²) in [7, 11) is 0. The molecule has 2 nitrogen and oxygen atoms in total. The molecule has 1 atom stereocenters. The van der Waals surface area contributed by atoms with Gasteiger partial charge in [0.1, 0.15) is 11.4 Å². The number of aliphatic hydroxyl groups is 1. The third-order valence-corrected chi connectivity index (χ3v) is 2.45. The Morgan fingerprint density at radius 3 is 2.00 bits per heavy atom. The van der Waals surface area contributed by atoms with Gasteiger partial charge in [0.2, 0.25) is 6.43 Å². The average Bonchev–Trinajstić information content (AvgIpc) is 2.13. The quantitative estimate of drug-likeness (QED) is 0.891. The van der Waals surface area contributed by atoms with Gasteiger partial charge in [-0.2, -0.15) is 0 Å². The van der Waals surface area contributed by atoms with Gasteiger partial charge in [0.25, 0.3) is 0 Å². The van der Waals surface area contributed by atoms with E-state index in [9.17, 15) is 13.9 Å². The van der Waals surface area contributed by atoms with Crippen LogP contribution in [0.25, 0.3) is 0 Å². The number of ether oxygens (including phenoxy) is 1. The van der Waals surface area contributed by atoms with Crippen LogP contribution in [0.2, 0.25) is 0 Å². The molecule has 0 saturated carbocycles. The minimum Gasteiger partial charge on any atom is -0.488 e. The van der Waals surface area contributed by atoms with Crippen LogP contribution in [-0.2, 0) is 5.60 Å². The predicted molar refractivity (Wildman–Crippen MR) is 67.0 cm³/mol. The maximum absolute atomic E-state index is 12.3. The van der Waals surface area contributed by atoms with Crippen LogP contribution in [0.5, 0.6) is 5.75 Å². The lowest BCUT2D eigenvalue weighted by Gasteiger charge is -2.25. The molecule has 1 aromatic rings. The largest absolute Gasteiger partial charge is 0.488 e. The minimum absolute atomic E-state index is 0.312. The summed E-state index contributed by atoms with van der Waals surface area (Å²) in [5.74, 6) is 0.652. The zero-order valence-corrected chi connectivity index (χ0v) is 11.2. The van der Waals surface area contributed by atoms with Gasteiger partial charge in [-0.3, -0.25) is 0 Å². The summed E-state index contributed by atoms with van der Waals surface area (Å²) in [4.78, 5) is 0. The molecule has 1 rings (SSSR count). The maximum atomic E-state index is 12.3. The Hall–Kier alpha value is -1.16. The van der Waals surface area contributed by atoms with Crippen molar-refractivity contribution in [2.75, 3.05) is 0 Å². The Labute approximate surface area is 107 Å². The molecule has 0 bridgehead atoms. The first kappa shape index (κ1) is 14.9. The van der Waals surface area contributed by atoms with Crippen molar-refractivity contribution in [2.24, 2.45) is 0 Å². The van der Waals surface area contributed by atoms with Crippen LogP contribution >= 0.6 is 0 Å². The zero-order chi connectivity index (χ0) is 14.0. The van der Waals surface area contributed by atoms with Crippen molar-refractivity contribution in [1.82, 2.24) is 0 Å². The molecule has 0 heterocycles. The molecular formula is C14H20F2O2. The van der Waals surface area contributed by atoms with E-state index >= 15 is 0 Å². The lowest BCUT2D eigenvalue weighted by atomic mass is 9.93. The molecular weight excluding hydrogens is 238 g/mol. The fourth-order valence-electron chi connectivity index (χ4n) is 1.65. The number of hydrogen-bond acceptors (Lipinski definition) is 2. The first-order chi connectivity index (χ1) is 8.10. The molecule has 102 valence electrons. The lowest BCUT2D eigenvalue weighted by molar-refractivity contribution is -0.0124. The van der Waals surface area contributed by atoms with Gasteiger partial charge in [0, 0.05) is 6.42 Å². The van der Waals surface area contributed by atoms with Gasteiger partial charge in [-0.1, -0.05) is 12.1 Å². The molecule has 1 aromatic carbocycles. The number of hydrogen-bond donors (Lipinski definition) is 1. The molecule has 1 unspecified atom stereocenters. The van der Waals surface area contributed by atoms with Crippen molar-refractivity contribution in [1.29, 1.82) is 0 Å². The molecule has 1 N–H and O–H groups in total. The number of rotatable bonds is 4. The number of benzene rings is 1. The van der Waals surface area contributed by atoms with Crippen molar-refractivity contribution in [3.05, 3.63) is 29.8 Å². The Bertz CT molecular complexity index is 378. The summed E-state index contributed by atoms with van der Waals surface area (Å²) in [6.07, 6.45) is -3.11. The molecule has 0 amide bonds. The molecule has 18 heavy (non-hydrogen) atoms. The fraction of sp³-hybridized carbons (Fsp3) is 0.571. The Morgan fingerprint density at radius 1 is 1.11 bits per heavy atom. The molecule has 0 radical (unpaired) electrons. The standard InChI is InChI=1S/C14H20F2O2/c1-13(2,3)18-11-7-5-10(6-8-11)14(4,17)9-12(15)16/h5-8,12,17H,9H2,1-4H3. The van der Waals surface area contributed by atoms with Crippen LogP contribution in [-0.4, -0.2) is 17.1 Å². The van der Waals surface area contributed by atoms with Crippen LogP contribution < -0.4 is 4.74 Å². The highest BCUT2D eigenvalue weighted by atomic mass is 19.3. The summed E-state index contributed by atoms with van der Waals surface area (Å²) in [6.45, 7) is 7.16. The van der Waals surface area contributed by atoms with E-state index in [2.05, 4.69) is 0 Å². The van der Waals surface area contributed by atoms with Gasteiger partial charge in [-0.05, 0) is 45.4 Å². The maximum Gasteiger partial charge on any atom is 0.241 e. The van der Waals surface area contributed by atoms with Crippen molar-refractivity contribution in [3.63, 3.8) is 0 Å². The Morgan fingerprint density at radius 2 is 1.61 bits per heavy atom. The van der Waals surface area contributed by atoms with Gasteiger partial charge in [0.15, 0.2) is 0 Å². The predicted octanol–water partition coefficient (Wildman–Crippen LogP) is 3.73. The summed E-state index contributed by atoms with van der Waals surface area (Å²) in [5, 5.41) is 9.96. The van der Waals surface area contributed by atoms with Gasteiger partial charge < -0.3 is 9.84 Å². The molecule has 0 aliphatic heterocycles. The van der Waals surface area contributed by atoms with Crippen LogP contribution in [0.4, 0.5) is 8.78 Å². The second-order valence-corrected chi connectivity index (χ2v) is 5.61. The summed E-state index contributed by atoms with van der Waals surface area (Å²) in [5.41, 5.74) is -1.37. The Balaban J connectivity index is 2.82. The van der Waals surface area contributed by atoms with Crippen LogP contribution in [0.15, 0.2) is 24.3 Å². The van der Waals surface area contributed by atoms with E-state index in [-0.39, 0.29) is 5.60 Å². The Kier molecular flexibility index (Phi) is 4.32. The summed E-state index contributed by atoms with van der Waals surface area (Å²) < 4.78 is 30.3. The summed E-state index contributed by atoms with van der Waals surface area (Å²) >= 11 is 0. The van der Waals surface area contributed by atoms with Crippen molar-refractivity contribution < 1.29 is 18.6 Å². The fourth-order valence-corrected chi connectivity index (χ4v) is 1.65. The molecule has 0 aliphatic carbocycles. The van der Waals surface area contributed by atoms with Gasteiger partial charge in [0.05, 0.1) is 5.60 Å². The molecule has 0 spiro atoms. The molecule has 0 fully saturated rings. The third-order valence-electron chi connectivity index (χ3n) is 2.45. The van der Waals surface area contributed by atoms with E-state index in [4.69, 9.17) is 4.74 Å². The minimum atomic E-state index is -2.54. The van der Waals surface area contributed by atoms with Crippen molar-refractivity contribution in [3.8, 4) is 5.75 Å². The number of alkyl halides is 2. The highest BCUT2D eigenvalue weighted by Crippen LogP contribution is 2.29. The number of halogens is 2. The summed E-state index contributed by atoms with van der Waals surface area (Å²) in [6, 6.07) is 6.59. The molecule has 4 heteroatoms. The van der Waals surface area contributed by atoms with Crippen molar-refractivity contribution in [2.45, 2.75) is 51.7 Å². The SMILES string of the molecule is CC(C)(C)Oc1ccc(C(C)(O)CC(F)F)cc1. The smallest absolute Gasteiger partial charge is 0.241 e. The van der Waals surface area contributed by atoms with Crippen molar-refractivity contribution >= 4 is 0 Å². The van der Waals surface area contributed by atoms with Gasteiger partial charge >= 0.3 is 0 Å². The topological polar surface area (TPSA) is 29.5 Å². The van der Waals surface area contributed by atoms with E-state index < -0.39 is 18.4 Å². The van der Waals surface area contributed by atoms with Crippen LogP contribution in [0, 0.1) is 0 Å². The average molecular weight is 258 g/mol. The molecule has 0 aromatic heterocycles. The van der Waals surface area contributed by atoms with E-state index in [1.54, 1.807) is 24.3 Å². The first-order valence-electron chi connectivity index (χ1n) is 5.90. The van der Waals surface area contributed by atoms with Gasteiger partial charge in [-0.25, -0.2) is 8.78 Å². The molecule has 0 aliphatic rings. The third kappa shape index (κ3) is 4.61. The van der Waals surface area contributed by atoms with Crippen LogP contribution in [0.1, 0.15) is 39.7 Å². The van der Waals surface area contributed by atoms with E-state index in [1.165, 1.54) is 6.92 Å². The zero-order valence-electron chi connectivity index (χ0n) is 11.2. The van der Waals surface area contributed by atoms with E-state index in [1.807, 2.05) is 20.8 Å². The molecule has 0 saturated heterocycles. The normalized spacial score (nSPS) is 15.6.